The Kier molecular flexibility index (Phi) is 0.582. The van der Waals surface area contributed by atoms with E-state index in [0.29, 0.717) is 5.82 Å². The molecule has 0 aliphatic carbocycles. The van der Waals surface area contributed by atoms with Gasteiger partial charge in [-0.2, -0.15) is 0 Å². The molecule has 4 heteroatoms. The third kappa shape index (κ3) is 0.367. The van der Waals surface area contributed by atoms with Gasteiger partial charge >= 0.3 is 0 Å². The van der Waals surface area contributed by atoms with Crippen LogP contribution in [0.15, 0.2) is 12.1 Å². The summed E-state index contributed by atoms with van der Waals surface area (Å²) < 4.78 is 0. The van der Waals surface area contributed by atoms with Gasteiger partial charge in [0.15, 0.2) is 12.1 Å². The molecule has 0 saturated carbocycles. The van der Waals surface area contributed by atoms with Crippen molar-refractivity contribution in [3.05, 3.63) is 12.1 Å². The molecular formula is C2H5N3O. The lowest BCUT2D eigenvalue weighted by Crippen LogP contribution is -2.25. The summed E-state index contributed by atoms with van der Waals surface area (Å²) in [5.41, 5.74) is 9.89. The third-order valence-electron chi connectivity index (χ3n) is 0.440. The fourth-order valence-electron chi connectivity index (χ4n) is 0.211. The van der Waals surface area contributed by atoms with E-state index in [4.69, 9.17) is 5.73 Å². The Morgan fingerprint density at radius 2 is 2.67 bits per heavy atom. The zero-order valence-electron chi connectivity index (χ0n) is 3.06. The van der Waals surface area contributed by atoms with Gasteiger partial charge in [0.2, 0.25) is 0 Å². The molecule has 4 N–H and O–H groups in total. The molecule has 1 aliphatic rings. The van der Waals surface area contributed by atoms with Crippen molar-refractivity contribution in [3.63, 3.8) is 0 Å². The van der Waals surface area contributed by atoms with E-state index in [1.54, 1.807) is 0 Å². The van der Waals surface area contributed by atoms with E-state index in [2.05, 4.69) is 15.9 Å². The van der Waals surface area contributed by atoms with Gasteiger partial charge in [-0.1, -0.05) is 5.59 Å². The molecular weight excluding hydrogens is 82.0 g/mol. The van der Waals surface area contributed by atoms with Gasteiger partial charge in [-0.3, -0.25) is 5.43 Å². The Bertz CT molecular complexity index is 78.9. The van der Waals surface area contributed by atoms with Crippen LogP contribution in [-0.2, 0) is 4.84 Å². The summed E-state index contributed by atoms with van der Waals surface area (Å²) in [6, 6.07) is 0. The first-order valence-corrected chi connectivity index (χ1v) is 1.52. The minimum atomic E-state index is 0.495. The van der Waals surface area contributed by atoms with Gasteiger partial charge in [0.1, 0.15) is 0 Å². The lowest BCUT2D eigenvalue weighted by molar-refractivity contribution is 0.137. The Hall–Kier alpha value is -0.900. The fourth-order valence-corrected chi connectivity index (χ4v) is 0.211. The van der Waals surface area contributed by atoms with Gasteiger partial charge in [0, 0.05) is 0 Å². The van der Waals surface area contributed by atoms with E-state index in [-0.39, 0.29) is 0 Å². The van der Waals surface area contributed by atoms with Crippen LogP contribution >= 0.6 is 0 Å². The molecule has 0 aromatic rings. The van der Waals surface area contributed by atoms with E-state index in [1.807, 2.05) is 0 Å². The summed E-state index contributed by atoms with van der Waals surface area (Å²) >= 11 is 0. The van der Waals surface area contributed by atoms with Gasteiger partial charge < -0.3 is 10.6 Å². The second-order valence-electron chi connectivity index (χ2n) is 0.918. The summed E-state index contributed by atoms with van der Waals surface area (Å²) in [7, 11) is 0. The molecule has 1 rings (SSSR count). The van der Waals surface area contributed by atoms with Crippen LogP contribution < -0.4 is 16.7 Å². The summed E-state index contributed by atoms with van der Waals surface area (Å²) in [6.07, 6.45) is 1.38. The molecule has 0 aromatic heterocycles. The second kappa shape index (κ2) is 1.06. The maximum Gasteiger partial charge on any atom is 0.154 e. The molecule has 0 unspecified atom stereocenters. The normalized spacial score (nSPS) is 18.3. The first-order chi connectivity index (χ1) is 2.89. The molecule has 0 bridgehead atoms. The first kappa shape index (κ1) is 3.30. The number of nitrogens with one attached hydrogen (secondary N) is 2. The van der Waals surface area contributed by atoms with Gasteiger partial charge in [0.05, 0.1) is 0 Å². The lowest BCUT2D eigenvalue weighted by Gasteiger charge is -1.88. The molecule has 0 fully saturated rings. The number of hydrogen-bond acceptors (Lipinski definition) is 4. The van der Waals surface area contributed by atoms with Crippen LogP contribution in [0.3, 0.4) is 0 Å². The van der Waals surface area contributed by atoms with E-state index < -0.39 is 0 Å². The minimum absolute atomic E-state index is 0.495. The maximum atomic E-state index is 5.10. The number of hydrazine groups is 1. The highest BCUT2D eigenvalue weighted by Crippen LogP contribution is 1.79. The Morgan fingerprint density at radius 1 is 1.83 bits per heavy atom. The number of hydrogen-bond donors (Lipinski definition) is 3. The highest BCUT2D eigenvalue weighted by molar-refractivity contribution is 4.87. The molecule has 0 atom stereocenters. The van der Waals surface area contributed by atoms with Crippen molar-refractivity contribution in [2.75, 3.05) is 0 Å². The topological polar surface area (TPSA) is 59.3 Å². The predicted octanol–water partition coefficient (Wildman–Crippen LogP) is -1.22. The van der Waals surface area contributed by atoms with Gasteiger partial charge in [-0.15, -0.1) is 0 Å². The van der Waals surface area contributed by atoms with Crippen molar-refractivity contribution in [1.29, 1.82) is 0 Å². The smallest absolute Gasteiger partial charge is 0.154 e. The predicted molar refractivity (Wildman–Crippen MR) is 19.6 cm³/mol. The lowest BCUT2D eigenvalue weighted by atomic mass is 10.8. The Morgan fingerprint density at radius 3 is 2.83 bits per heavy atom. The molecule has 1 heterocycles. The monoisotopic (exact) mass is 87.0 g/mol. The van der Waals surface area contributed by atoms with Crippen LogP contribution in [0.5, 0.6) is 0 Å². The Labute approximate surface area is 34.9 Å². The van der Waals surface area contributed by atoms with Crippen molar-refractivity contribution in [2.24, 2.45) is 5.73 Å². The fraction of sp³-hybridized carbons (Fsp3) is 0. The summed E-state index contributed by atoms with van der Waals surface area (Å²) in [6.45, 7) is 0. The van der Waals surface area contributed by atoms with Crippen LogP contribution in [0.4, 0.5) is 0 Å². The van der Waals surface area contributed by atoms with Gasteiger partial charge in [-0.05, 0) is 0 Å². The van der Waals surface area contributed by atoms with E-state index in [1.165, 1.54) is 6.26 Å². The SMILES string of the molecule is NC1=CONN1. The molecule has 0 amide bonds. The number of nitrogens with two attached hydrogens (primary N) is 1. The van der Waals surface area contributed by atoms with Crippen molar-refractivity contribution in [3.8, 4) is 0 Å². The molecule has 0 radical (unpaired) electrons. The summed E-state index contributed by atoms with van der Waals surface area (Å²) in [5, 5.41) is 0. The van der Waals surface area contributed by atoms with Crippen LogP contribution in [0.25, 0.3) is 0 Å². The average Bonchev–Trinajstić information content (AvgIpc) is 1.86. The average molecular weight is 87.1 g/mol. The molecule has 0 aromatic carbocycles. The van der Waals surface area contributed by atoms with E-state index in [9.17, 15) is 0 Å². The molecule has 0 saturated heterocycles. The number of rotatable bonds is 0. The second-order valence-corrected chi connectivity index (χ2v) is 0.918. The maximum absolute atomic E-state index is 5.10. The molecule has 6 heavy (non-hydrogen) atoms. The first-order valence-electron chi connectivity index (χ1n) is 1.52. The van der Waals surface area contributed by atoms with Crippen molar-refractivity contribution in [1.82, 2.24) is 11.0 Å². The Balaban J connectivity index is 2.45. The van der Waals surface area contributed by atoms with Crippen LogP contribution in [0, 0.1) is 0 Å². The molecule has 4 nitrogen and oxygen atoms in total. The highest BCUT2D eigenvalue weighted by Gasteiger charge is 1.92. The zero-order chi connectivity index (χ0) is 4.41. The molecule has 0 spiro atoms. The van der Waals surface area contributed by atoms with Crippen LogP contribution in [0.1, 0.15) is 0 Å². The van der Waals surface area contributed by atoms with Crippen molar-refractivity contribution in [2.45, 2.75) is 0 Å². The van der Waals surface area contributed by atoms with E-state index >= 15 is 0 Å². The molecule has 1 aliphatic heterocycles. The van der Waals surface area contributed by atoms with Crippen molar-refractivity contribution < 1.29 is 4.84 Å². The van der Waals surface area contributed by atoms with Gasteiger partial charge in [-0.25, -0.2) is 0 Å². The van der Waals surface area contributed by atoms with E-state index in [0.717, 1.165) is 0 Å². The van der Waals surface area contributed by atoms with Crippen LogP contribution in [0.2, 0.25) is 0 Å². The summed E-state index contributed by atoms with van der Waals surface area (Å²) in [4.78, 5) is 4.41. The van der Waals surface area contributed by atoms with Crippen LogP contribution in [-0.4, -0.2) is 0 Å². The van der Waals surface area contributed by atoms with Crippen molar-refractivity contribution >= 4 is 0 Å². The zero-order valence-corrected chi connectivity index (χ0v) is 3.06. The third-order valence-corrected chi connectivity index (χ3v) is 0.440. The summed E-state index contributed by atoms with van der Waals surface area (Å²) in [5.74, 6) is 0.495. The highest BCUT2D eigenvalue weighted by atomic mass is 16.7. The quantitative estimate of drug-likeness (QED) is 0.346. The standard InChI is InChI=1S/C2H5N3O/c3-2-1-6-5-4-2/h1,4-5H,3H2. The minimum Gasteiger partial charge on any atom is -0.393 e. The largest absolute Gasteiger partial charge is 0.393 e. The molecule has 34 valence electrons. The van der Waals surface area contributed by atoms with Gasteiger partial charge in [0.25, 0.3) is 0 Å².